The fourth-order valence-corrected chi connectivity index (χ4v) is 2.43. The second-order valence-electron chi connectivity index (χ2n) is 6.41. The van der Waals surface area contributed by atoms with E-state index in [1.807, 2.05) is 6.92 Å². The Morgan fingerprint density at radius 2 is 1.88 bits per heavy atom. The molecule has 0 aliphatic heterocycles. The average Bonchev–Trinajstić information content (AvgIpc) is 2.77. The summed E-state index contributed by atoms with van der Waals surface area (Å²) in [4.78, 5) is 28.8. The highest BCUT2D eigenvalue weighted by Crippen LogP contribution is 2.28. The van der Waals surface area contributed by atoms with Gasteiger partial charge in [0.15, 0.2) is 18.1 Å². The van der Waals surface area contributed by atoms with Gasteiger partial charge in [0, 0.05) is 11.3 Å². The molecule has 0 heterocycles. The number of unbranched alkanes of at least 4 members (excludes halogenated alkanes) is 1. The molecule has 8 nitrogen and oxygen atoms in total. The monoisotopic (exact) mass is 450 g/mol. The second-order valence-corrected chi connectivity index (χ2v) is 6.41. The number of nitrogens with one attached hydrogen (secondary N) is 1. The molecule has 0 bridgehead atoms. The molecule has 0 radical (unpaired) electrons. The van der Waals surface area contributed by atoms with Crippen molar-refractivity contribution >= 4 is 23.8 Å². The van der Waals surface area contributed by atoms with Crippen molar-refractivity contribution < 1.29 is 37.4 Å². The van der Waals surface area contributed by atoms with Crippen LogP contribution in [-0.2, 0) is 14.4 Å². The predicted octanol–water partition coefficient (Wildman–Crippen LogP) is 4.24. The van der Waals surface area contributed by atoms with E-state index < -0.39 is 18.5 Å². The number of carbonyl (C=O) groups excluding carboxylic acids is 2. The fourth-order valence-electron chi connectivity index (χ4n) is 2.43. The molecule has 2 aromatic rings. The van der Waals surface area contributed by atoms with Crippen LogP contribution in [0.15, 0.2) is 47.6 Å². The van der Waals surface area contributed by atoms with E-state index in [1.165, 1.54) is 31.5 Å². The lowest BCUT2D eigenvalue weighted by Crippen LogP contribution is -2.17. The number of alkyl halides is 2. The zero-order valence-electron chi connectivity index (χ0n) is 17.7. The average molecular weight is 450 g/mol. The summed E-state index contributed by atoms with van der Waals surface area (Å²) in [6, 6.07) is 10.5. The summed E-state index contributed by atoms with van der Waals surface area (Å²) >= 11 is 0. The van der Waals surface area contributed by atoms with Crippen LogP contribution < -0.4 is 14.8 Å². The zero-order valence-corrected chi connectivity index (χ0v) is 17.7. The Kier molecular flexibility index (Phi) is 9.89. The number of hydrogen-bond acceptors (Lipinski definition) is 7. The Morgan fingerprint density at radius 1 is 1.12 bits per heavy atom. The number of rotatable bonds is 12. The minimum Gasteiger partial charge on any atom is -0.493 e. The molecule has 1 N–H and O–H groups in total. The molecular formula is C22H24F2N2O6. The number of benzene rings is 2. The molecule has 0 atom stereocenters. The van der Waals surface area contributed by atoms with Crippen LogP contribution in [0.4, 0.5) is 14.5 Å². The summed E-state index contributed by atoms with van der Waals surface area (Å²) in [7, 11) is 1.32. The van der Waals surface area contributed by atoms with Gasteiger partial charge in [0.1, 0.15) is 0 Å². The van der Waals surface area contributed by atoms with Gasteiger partial charge in [0.2, 0.25) is 0 Å². The molecule has 0 aliphatic carbocycles. The third-order valence-corrected chi connectivity index (χ3v) is 4.01. The largest absolute Gasteiger partial charge is 0.493 e. The third kappa shape index (κ3) is 8.21. The summed E-state index contributed by atoms with van der Waals surface area (Å²) in [5.41, 5.74) is 1.36. The maximum atomic E-state index is 12.3. The van der Waals surface area contributed by atoms with Crippen LogP contribution >= 0.6 is 0 Å². The van der Waals surface area contributed by atoms with E-state index in [1.54, 1.807) is 24.3 Å². The Labute approximate surface area is 184 Å². The van der Waals surface area contributed by atoms with Crippen LogP contribution in [0.25, 0.3) is 0 Å². The number of esters is 1. The van der Waals surface area contributed by atoms with Gasteiger partial charge < -0.3 is 24.4 Å². The zero-order chi connectivity index (χ0) is 23.3. The maximum Gasteiger partial charge on any atom is 0.387 e. The molecule has 0 aliphatic rings. The van der Waals surface area contributed by atoms with Gasteiger partial charge in [-0.2, -0.15) is 8.78 Å². The molecule has 172 valence electrons. The topological polar surface area (TPSA) is 95.5 Å². The van der Waals surface area contributed by atoms with Crippen molar-refractivity contribution in [2.24, 2.45) is 5.16 Å². The minimum absolute atomic E-state index is 0.102. The Hall–Kier alpha value is -3.69. The van der Waals surface area contributed by atoms with E-state index in [0.717, 1.165) is 12.8 Å². The smallest absolute Gasteiger partial charge is 0.387 e. The molecule has 2 aromatic carbocycles. The van der Waals surface area contributed by atoms with Gasteiger partial charge in [-0.3, -0.25) is 4.79 Å². The highest BCUT2D eigenvalue weighted by atomic mass is 19.3. The van der Waals surface area contributed by atoms with Gasteiger partial charge in [-0.15, -0.1) is 0 Å². The molecule has 0 saturated heterocycles. The Morgan fingerprint density at radius 3 is 2.53 bits per heavy atom. The molecule has 1 amide bonds. The van der Waals surface area contributed by atoms with Crippen molar-refractivity contribution in [2.45, 2.75) is 26.4 Å². The van der Waals surface area contributed by atoms with E-state index >= 15 is 0 Å². The SMILES string of the molecule is CCCCOC(=O)c1ccc(NC(=O)CO/N=C/c2ccc(OC(F)F)c(OC)c2)cc1. The summed E-state index contributed by atoms with van der Waals surface area (Å²) in [5.74, 6) is -0.886. The van der Waals surface area contributed by atoms with E-state index in [4.69, 9.17) is 14.3 Å². The number of nitrogens with zero attached hydrogens (tertiary/aromatic N) is 1. The van der Waals surface area contributed by atoms with Crippen LogP contribution in [0.3, 0.4) is 0 Å². The standard InChI is InChI=1S/C22H24F2N2O6/c1-3-4-11-30-21(28)16-6-8-17(9-7-16)26-20(27)14-31-25-13-15-5-10-18(32-22(23)24)19(12-15)29-2/h5-10,12-13,22H,3-4,11,14H2,1-2H3,(H,26,27)/b25-13+. The van der Waals surface area contributed by atoms with Crippen LogP contribution in [0.2, 0.25) is 0 Å². The second kappa shape index (κ2) is 12.9. The molecular weight excluding hydrogens is 426 g/mol. The van der Waals surface area contributed by atoms with Crippen molar-refractivity contribution in [3.8, 4) is 11.5 Å². The number of hydrogen-bond donors (Lipinski definition) is 1. The summed E-state index contributed by atoms with van der Waals surface area (Å²) in [5, 5.41) is 6.28. The lowest BCUT2D eigenvalue weighted by atomic mass is 10.2. The molecule has 2 rings (SSSR count). The Balaban J connectivity index is 1.80. The molecule has 10 heteroatoms. The first kappa shape index (κ1) is 24.6. The number of methoxy groups -OCH3 is 1. The summed E-state index contributed by atoms with van der Waals surface area (Å²) < 4.78 is 39.1. The first-order valence-electron chi connectivity index (χ1n) is 9.78. The van der Waals surface area contributed by atoms with E-state index in [9.17, 15) is 18.4 Å². The number of oxime groups is 1. The molecule has 0 fully saturated rings. The highest BCUT2D eigenvalue weighted by Gasteiger charge is 2.11. The minimum atomic E-state index is -2.97. The number of carbonyl (C=O) groups is 2. The number of halogens is 2. The lowest BCUT2D eigenvalue weighted by molar-refractivity contribution is -0.120. The number of ether oxygens (including phenoxy) is 3. The van der Waals surface area contributed by atoms with Crippen molar-refractivity contribution in [2.75, 3.05) is 25.6 Å². The summed E-state index contributed by atoms with van der Waals surface area (Å²) in [6.45, 7) is -0.961. The van der Waals surface area contributed by atoms with Crippen LogP contribution in [0, 0.1) is 0 Å². The third-order valence-electron chi connectivity index (χ3n) is 4.01. The van der Waals surface area contributed by atoms with Crippen LogP contribution in [-0.4, -0.2) is 45.0 Å². The fraction of sp³-hybridized carbons (Fsp3) is 0.318. The van der Waals surface area contributed by atoms with Crippen molar-refractivity contribution in [1.29, 1.82) is 0 Å². The normalized spacial score (nSPS) is 10.8. The van der Waals surface area contributed by atoms with Crippen molar-refractivity contribution in [3.63, 3.8) is 0 Å². The van der Waals surface area contributed by atoms with E-state index in [2.05, 4.69) is 15.2 Å². The van der Waals surface area contributed by atoms with E-state index in [-0.39, 0.29) is 18.1 Å². The predicted molar refractivity (Wildman–Crippen MR) is 113 cm³/mol. The van der Waals surface area contributed by atoms with Gasteiger partial charge in [0.05, 0.1) is 25.5 Å². The molecule has 0 aromatic heterocycles. The summed E-state index contributed by atoms with van der Waals surface area (Å²) in [6.07, 6.45) is 3.02. The lowest BCUT2D eigenvalue weighted by Gasteiger charge is -2.09. The van der Waals surface area contributed by atoms with Gasteiger partial charge in [0.25, 0.3) is 5.91 Å². The Bertz CT molecular complexity index is 919. The van der Waals surface area contributed by atoms with Crippen LogP contribution in [0.1, 0.15) is 35.7 Å². The first-order valence-corrected chi connectivity index (χ1v) is 9.78. The van der Waals surface area contributed by atoms with E-state index in [0.29, 0.717) is 23.4 Å². The molecule has 0 saturated carbocycles. The molecule has 32 heavy (non-hydrogen) atoms. The first-order chi connectivity index (χ1) is 15.4. The molecule has 0 spiro atoms. The number of anilines is 1. The van der Waals surface area contributed by atoms with Gasteiger partial charge in [-0.1, -0.05) is 18.5 Å². The number of amides is 1. The highest BCUT2D eigenvalue weighted by molar-refractivity contribution is 5.93. The van der Waals surface area contributed by atoms with Crippen molar-refractivity contribution in [1.82, 2.24) is 0 Å². The van der Waals surface area contributed by atoms with Gasteiger partial charge in [-0.05, 0) is 48.9 Å². The quantitative estimate of drug-likeness (QED) is 0.225. The molecule has 0 unspecified atom stereocenters. The van der Waals surface area contributed by atoms with Gasteiger partial charge >= 0.3 is 12.6 Å². The maximum absolute atomic E-state index is 12.3. The van der Waals surface area contributed by atoms with Crippen LogP contribution in [0.5, 0.6) is 11.5 Å². The van der Waals surface area contributed by atoms with Crippen molar-refractivity contribution in [3.05, 3.63) is 53.6 Å². The van der Waals surface area contributed by atoms with Gasteiger partial charge in [-0.25, -0.2) is 4.79 Å².